The number of likely N-dealkylation sites (tertiary alicyclic amines) is 1. The van der Waals surface area contributed by atoms with E-state index in [-0.39, 0.29) is 0 Å². The van der Waals surface area contributed by atoms with Gasteiger partial charge in [-0.3, -0.25) is 4.99 Å². The van der Waals surface area contributed by atoms with Crippen molar-refractivity contribution in [2.24, 2.45) is 10.7 Å². The molecule has 22 heavy (non-hydrogen) atoms. The fourth-order valence-electron chi connectivity index (χ4n) is 3.14. The van der Waals surface area contributed by atoms with Crippen molar-refractivity contribution in [3.63, 3.8) is 0 Å². The molecule has 0 bridgehead atoms. The van der Waals surface area contributed by atoms with Crippen molar-refractivity contribution in [3.8, 4) is 0 Å². The van der Waals surface area contributed by atoms with Crippen molar-refractivity contribution in [3.05, 3.63) is 30.1 Å². The zero-order valence-corrected chi connectivity index (χ0v) is 13.3. The third-order valence-corrected chi connectivity index (χ3v) is 4.37. The maximum absolute atomic E-state index is 6.16. The van der Waals surface area contributed by atoms with Crippen LogP contribution in [-0.2, 0) is 6.54 Å². The molecule has 118 valence electrons. The number of hydrogen-bond acceptors (Lipinski definition) is 2. The standard InChI is InChI=1S/C17H25N5/c1-14-20-15-8-4-5-9-16(15)22(14)13-10-19-17(18)21-11-6-2-3-7-12-21/h4-5,8-9H,2-3,6-7,10-13H2,1H3,(H2,18,19). The van der Waals surface area contributed by atoms with Crippen LogP contribution in [-0.4, -0.2) is 40.0 Å². The largest absolute Gasteiger partial charge is 0.370 e. The summed E-state index contributed by atoms with van der Waals surface area (Å²) in [7, 11) is 0. The van der Waals surface area contributed by atoms with E-state index in [1.54, 1.807) is 0 Å². The van der Waals surface area contributed by atoms with Gasteiger partial charge in [0.25, 0.3) is 0 Å². The molecule has 1 aliphatic heterocycles. The van der Waals surface area contributed by atoms with E-state index in [9.17, 15) is 0 Å². The van der Waals surface area contributed by atoms with E-state index in [0.29, 0.717) is 12.5 Å². The summed E-state index contributed by atoms with van der Waals surface area (Å²) < 4.78 is 2.22. The molecule has 1 aromatic carbocycles. The average Bonchev–Trinajstić information content (AvgIpc) is 2.71. The van der Waals surface area contributed by atoms with E-state index in [4.69, 9.17) is 5.73 Å². The minimum atomic E-state index is 0.698. The number of aryl methyl sites for hydroxylation is 1. The van der Waals surface area contributed by atoms with Crippen LogP contribution in [0.15, 0.2) is 29.3 Å². The quantitative estimate of drug-likeness (QED) is 0.700. The van der Waals surface area contributed by atoms with Crippen LogP contribution >= 0.6 is 0 Å². The highest BCUT2D eigenvalue weighted by molar-refractivity contribution is 5.78. The topological polar surface area (TPSA) is 59.4 Å². The number of nitrogens with two attached hydrogens (primary N) is 1. The molecular weight excluding hydrogens is 274 g/mol. The molecule has 1 fully saturated rings. The Morgan fingerprint density at radius 1 is 1.18 bits per heavy atom. The number of nitrogens with zero attached hydrogens (tertiary/aromatic N) is 4. The summed E-state index contributed by atoms with van der Waals surface area (Å²) in [5.74, 6) is 1.73. The first-order chi connectivity index (χ1) is 10.8. The minimum Gasteiger partial charge on any atom is -0.370 e. The van der Waals surface area contributed by atoms with Crippen molar-refractivity contribution < 1.29 is 0 Å². The van der Waals surface area contributed by atoms with Gasteiger partial charge in [-0.15, -0.1) is 0 Å². The maximum atomic E-state index is 6.16. The van der Waals surface area contributed by atoms with Crippen LogP contribution in [0.3, 0.4) is 0 Å². The van der Waals surface area contributed by atoms with Crippen LogP contribution < -0.4 is 5.73 Å². The summed E-state index contributed by atoms with van der Waals surface area (Å²) in [5, 5.41) is 0. The van der Waals surface area contributed by atoms with Gasteiger partial charge in [0.1, 0.15) is 5.82 Å². The predicted octanol–water partition coefficient (Wildman–Crippen LogP) is 2.54. The van der Waals surface area contributed by atoms with Gasteiger partial charge in [0, 0.05) is 19.6 Å². The van der Waals surface area contributed by atoms with Gasteiger partial charge in [-0.1, -0.05) is 25.0 Å². The lowest BCUT2D eigenvalue weighted by Crippen LogP contribution is -2.38. The molecule has 1 saturated heterocycles. The Morgan fingerprint density at radius 2 is 1.91 bits per heavy atom. The molecule has 5 nitrogen and oxygen atoms in total. The van der Waals surface area contributed by atoms with E-state index in [1.807, 2.05) is 19.1 Å². The Morgan fingerprint density at radius 3 is 2.68 bits per heavy atom. The van der Waals surface area contributed by atoms with Gasteiger partial charge in [-0.25, -0.2) is 4.98 Å². The van der Waals surface area contributed by atoms with E-state index in [0.717, 1.165) is 31.0 Å². The summed E-state index contributed by atoms with van der Waals surface area (Å²) in [6, 6.07) is 8.23. The van der Waals surface area contributed by atoms with E-state index >= 15 is 0 Å². The van der Waals surface area contributed by atoms with Crippen LogP contribution in [0.5, 0.6) is 0 Å². The maximum Gasteiger partial charge on any atom is 0.191 e. The fourth-order valence-corrected chi connectivity index (χ4v) is 3.14. The van der Waals surface area contributed by atoms with E-state index in [2.05, 4.69) is 31.6 Å². The lowest BCUT2D eigenvalue weighted by molar-refractivity contribution is 0.428. The highest BCUT2D eigenvalue weighted by Gasteiger charge is 2.11. The monoisotopic (exact) mass is 299 g/mol. The molecule has 1 aromatic heterocycles. The fraction of sp³-hybridized carbons (Fsp3) is 0.529. The summed E-state index contributed by atoms with van der Waals surface area (Å²) >= 11 is 0. The number of para-hydroxylation sites is 2. The van der Waals surface area contributed by atoms with Crippen molar-refractivity contribution >= 4 is 17.0 Å². The molecule has 0 radical (unpaired) electrons. The van der Waals surface area contributed by atoms with Crippen LogP contribution in [0, 0.1) is 6.92 Å². The number of rotatable bonds is 3. The predicted molar refractivity (Wildman–Crippen MR) is 91.0 cm³/mol. The molecule has 0 unspecified atom stereocenters. The third-order valence-electron chi connectivity index (χ3n) is 4.37. The number of hydrogen-bond donors (Lipinski definition) is 1. The smallest absolute Gasteiger partial charge is 0.191 e. The van der Waals surface area contributed by atoms with Gasteiger partial charge in [0.05, 0.1) is 17.6 Å². The van der Waals surface area contributed by atoms with E-state index in [1.165, 1.54) is 31.2 Å². The second-order valence-corrected chi connectivity index (χ2v) is 5.94. The van der Waals surface area contributed by atoms with Crippen LogP contribution in [0.4, 0.5) is 0 Å². The summed E-state index contributed by atoms with van der Waals surface area (Å²) in [6.07, 6.45) is 5.07. The Kier molecular flexibility index (Phi) is 4.61. The number of imidazole rings is 1. The highest BCUT2D eigenvalue weighted by atomic mass is 15.3. The molecule has 0 amide bonds. The molecule has 0 saturated carbocycles. The number of guanidine groups is 1. The molecule has 0 spiro atoms. The van der Waals surface area contributed by atoms with Gasteiger partial charge in [0.2, 0.25) is 0 Å². The molecule has 2 aromatic rings. The lowest BCUT2D eigenvalue weighted by Gasteiger charge is -2.21. The minimum absolute atomic E-state index is 0.698. The Balaban J connectivity index is 1.66. The Hall–Kier alpha value is -2.04. The summed E-state index contributed by atoms with van der Waals surface area (Å²) in [5.41, 5.74) is 8.37. The van der Waals surface area contributed by atoms with Gasteiger partial charge >= 0.3 is 0 Å². The number of aromatic nitrogens is 2. The van der Waals surface area contributed by atoms with Gasteiger partial charge < -0.3 is 15.2 Å². The third kappa shape index (κ3) is 3.24. The second-order valence-electron chi connectivity index (χ2n) is 5.94. The molecule has 0 aliphatic carbocycles. The van der Waals surface area contributed by atoms with Gasteiger partial charge in [-0.05, 0) is 31.9 Å². The average molecular weight is 299 g/mol. The van der Waals surface area contributed by atoms with Crippen molar-refractivity contribution in [1.29, 1.82) is 0 Å². The second kappa shape index (κ2) is 6.81. The first-order valence-electron chi connectivity index (χ1n) is 8.22. The van der Waals surface area contributed by atoms with Gasteiger partial charge in [-0.2, -0.15) is 0 Å². The lowest BCUT2D eigenvalue weighted by atomic mass is 10.2. The van der Waals surface area contributed by atoms with Crippen molar-refractivity contribution in [2.75, 3.05) is 19.6 Å². The normalized spacial score (nSPS) is 17.0. The number of fused-ring (bicyclic) bond motifs is 1. The van der Waals surface area contributed by atoms with Crippen molar-refractivity contribution in [1.82, 2.24) is 14.5 Å². The van der Waals surface area contributed by atoms with Crippen LogP contribution in [0.25, 0.3) is 11.0 Å². The Bertz CT molecular complexity index is 650. The molecule has 1 aliphatic rings. The zero-order chi connectivity index (χ0) is 15.4. The first kappa shape index (κ1) is 14.9. The molecule has 2 heterocycles. The van der Waals surface area contributed by atoms with E-state index < -0.39 is 0 Å². The van der Waals surface area contributed by atoms with Crippen molar-refractivity contribution in [2.45, 2.75) is 39.2 Å². The zero-order valence-electron chi connectivity index (χ0n) is 13.3. The summed E-state index contributed by atoms with van der Waals surface area (Å²) in [6.45, 7) is 5.65. The molecular formula is C17H25N5. The molecule has 5 heteroatoms. The number of aliphatic imine (C=N–C) groups is 1. The first-order valence-corrected chi connectivity index (χ1v) is 8.22. The number of benzene rings is 1. The SMILES string of the molecule is Cc1nc2ccccc2n1CCN=C(N)N1CCCCCC1. The summed E-state index contributed by atoms with van der Waals surface area (Å²) in [4.78, 5) is 11.4. The van der Waals surface area contributed by atoms with Crippen LogP contribution in [0.2, 0.25) is 0 Å². The molecule has 3 rings (SSSR count). The molecule has 0 atom stereocenters. The Labute approximate surface area is 131 Å². The molecule has 2 N–H and O–H groups in total. The highest BCUT2D eigenvalue weighted by Crippen LogP contribution is 2.15. The van der Waals surface area contributed by atoms with Gasteiger partial charge in [0.15, 0.2) is 5.96 Å². The van der Waals surface area contributed by atoms with Crippen LogP contribution in [0.1, 0.15) is 31.5 Å².